The summed E-state index contributed by atoms with van der Waals surface area (Å²) in [6.07, 6.45) is 1.23. The van der Waals surface area contributed by atoms with E-state index in [4.69, 9.17) is 4.74 Å². The summed E-state index contributed by atoms with van der Waals surface area (Å²) in [5, 5.41) is 13.7. The van der Waals surface area contributed by atoms with Crippen LogP contribution in [0.25, 0.3) is 0 Å². The maximum absolute atomic E-state index is 12.8. The summed E-state index contributed by atoms with van der Waals surface area (Å²) >= 11 is 0. The van der Waals surface area contributed by atoms with Crippen LogP contribution in [0.2, 0.25) is 0 Å². The van der Waals surface area contributed by atoms with Gasteiger partial charge in [-0.3, -0.25) is 4.79 Å². The lowest BCUT2D eigenvalue weighted by Gasteiger charge is -2.19. The highest BCUT2D eigenvalue weighted by Crippen LogP contribution is 2.27. The first-order valence-corrected chi connectivity index (χ1v) is 8.67. The number of carbonyl (C=O) groups is 2. The number of hydrogen-bond acceptors (Lipinski definition) is 6. The third-order valence-electron chi connectivity index (χ3n) is 4.39. The maximum atomic E-state index is 12.8. The highest BCUT2D eigenvalue weighted by atomic mass is 16.5. The molecule has 142 valence electrons. The highest BCUT2D eigenvalue weighted by Gasteiger charge is 2.33. The molecular weight excluding hydrogens is 356 g/mol. The van der Waals surface area contributed by atoms with Crippen LogP contribution in [0.4, 0.5) is 11.4 Å². The molecule has 3 rings (SSSR count). The molecule has 6 nitrogen and oxygen atoms in total. The molecule has 0 amide bonds. The van der Waals surface area contributed by atoms with E-state index in [2.05, 4.69) is 10.3 Å². The van der Waals surface area contributed by atoms with E-state index in [9.17, 15) is 14.7 Å². The molecule has 2 N–H and O–H groups in total. The van der Waals surface area contributed by atoms with Crippen molar-refractivity contribution in [2.45, 2.75) is 13.8 Å². The number of nitrogens with zero attached hydrogens (tertiary/aromatic N) is 1. The number of nitrogens with one attached hydrogen (secondary N) is 1. The Labute approximate surface area is 162 Å². The van der Waals surface area contributed by atoms with Gasteiger partial charge in [0.25, 0.3) is 0 Å². The second kappa shape index (κ2) is 7.92. The molecule has 0 fully saturated rings. The van der Waals surface area contributed by atoms with Crippen molar-refractivity contribution >= 4 is 28.8 Å². The minimum absolute atomic E-state index is 0.114. The number of allylic oxidation sites excluding steroid dienone is 1. The number of ether oxygens (including phenoxy) is 1. The Bertz CT molecular complexity index is 1050. The summed E-state index contributed by atoms with van der Waals surface area (Å²) in [4.78, 5) is 29.5. The zero-order valence-corrected chi connectivity index (χ0v) is 15.8. The fourth-order valence-electron chi connectivity index (χ4n) is 2.81. The van der Waals surface area contributed by atoms with Gasteiger partial charge in [-0.2, -0.15) is 0 Å². The van der Waals surface area contributed by atoms with Gasteiger partial charge in [0.15, 0.2) is 5.76 Å². The zero-order chi connectivity index (χ0) is 20.3. The van der Waals surface area contributed by atoms with Crippen LogP contribution in [0, 0.1) is 13.8 Å². The molecule has 0 spiro atoms. The summed E-state index contributed by atoms with van der Waals surface area (Å²) in [6, 6.07) is 14.6. The summed E-state index contributed by atoms with van der Waals surface area (Å²) in [5.74, 6) is -1.73. The Hall–Kier alpha value is -3.67. The number of aliphatic imine (C=N–C) groups is 1. The van der Waals surface area contributed by atoms with E-state index >= 15 is 0 Å². The van der Waals surface area contributed by atoms with E-state index in [0.717, 1.165) is 11.1 Å². The first kappa shape index (κ1) is 19.1. The summed E-state index contributed by atoms with van der Waals surface area (Å²) in [5.41, 5.74) is 2.68. The molecule has 0 saturated heterocycles. The van der Waals surface area contributed by atoms with Crippen molar-refractivity contribution in [2.75, 3.05) is 12.4 Å². The molecule has 0 aromatic heterocycles. The number of anilines is 1. The molecule has 2 aromatic rings. The van der Waals surface area contributed by atoms with Gasteiger partial charge in [-0.25, -0.2) is 9.79 Å². The van der Waals surface area contributed by atoms with Gasteiger partial charge in [0.05, 0.1) is 18.5 Å². The average molecular weight is 376 g/mol. The van der Waals surface area contributed by atoms with Gasteiger partial charge >= 0.3 is 5.97 Å². The van der Waals surface area contributed by atoms with Gasteiger partial charge in [-0.15, -0.1) is 0 Å². The van der Waals surface area contributed by atoms with Crippen molar-refractivity contribution in [1.82, 2.24) is 0 Å². The van der Waals surface area contributed by atoms with Crippen molar-refractivity contribution < 1.29 is 19.4 Å². The number of methoxy groups -OCH3 is 1. The second-order valence-corrected chi connectivity index (χ2v) is 6.32. The monoisotopic (exact) mass is 376 g/mol. The molecule has 0 heterocycles. The van der Waals surface area contributed by atoms with Crippen LogP contribution in [-0.4, -0.2) is 29.7 Å². The predicted octanol–water partition coefficient (Wildman–Crippen LogP) is 3.94. The SMILES string of the molecule is COC(=O)C1=C(O)C(Nc2ccccc2C)=CC(=O)C1=Nc1ccccc1C. The molecule has 0 bridgehead atoms. The van der Waals surface area contributed by atoms with E-state index < -0.39 is 11.8 Å². The van der Waals surface area contributed by atoms with Gasteiger partial charge < -0.3 is 15.2 Å². The number of ketones is 1. The standard InChI is InChI=1S/C22H20N2O4/c1-13-8-4-6-10-15(13)23-17-12-18(25)20(19(21(17)26)22(27)28-3)24-16-11-7-5-9-14(16)2/h4-12,23,26H,1-3H3. The molecule has 1 aliphatic rings. The number of benzene rings is 2. The lowest BCUT2D eigenvalue weighted by atomic mass is 9.96. The molecule has 0 saturated carbocycles. The van der Waals surface area contributed by atoms with Crippen LogP contribution in [0.15, 0.2) is 76.6 Å². The Balaban J connectivity index is 2.10. The summed E-state index contributed by atoms with van der Waals surface area (Å²) in [7, 11) is 1.19. The number of carbonyl (C=O) groups excluding carboxylic acids is 2. The van der Waals surface area contributed by atoms with Crippen molar-refractivity contribution in [1.29, 1.82) is 0 Å². The smallest absolute Gasteiger partial charge is 0.344 e. The van der Waals surface area contributed by atoms with Crippen LogP contribution >= 0.6 is 0 Å². The van der Waals surface area contributed by atoms with E-state index in [1.807, 2.05) is 50.2 Å². The molecule has 0 aliphatic heterocycles. The molecular formula is C22H20N2O4. The van der Waals surface area contributed by atoms with Crippen LogP contribution in [0.3, 0.4) is 0 Å². The van der Waals surface area contributed by atoms with Crippen LogP contribution in [0.5, 0.6) is 0 Å². The van der Waals surface area contributed by atoms with Crippen molar-refractivity contribution in [2.24, 2.45) is 4.99 Å². The third-order valence-corrected chi connectivity index (χ3v) is 4.39. The predicted molar refractivity (Wildman–Crippen MR) is 108 cm³/mol. The van der Waals surface area contributed by atoms with E-state index in [1.54, 1.807) is 12.1 Å². The van der Waals surface area contributed by atoms with E-state index in [0.29, 0.717) is 11.4 Å². The van der Waals surface area contributed by atoms with Gasteiger partial charge in [-0.1, -0.05) is 36.4 Å². The number of rotatable bonds is 4. The third kappa shape index (κ3) is 3.71. The topological polar surface area (TPSA) is 88.0 Å². The normalized spacial score (nSPS) is 15.5. The molecule has 6 heteroatoms. The maximum Gasteiger partial charge on any atom is 0.344 e. The van der Waals surface area contributed by atoms with Crippen LogP contribution < -0.4 is 5.32 Å². The van der Waals surface area contributed by atoms with Crippen molar-refractivity contribution in [3.8, 4) is 0 Å². The molecule has 0 atom stereocenters. The lowest BCUT2D eigenvalue weighted by molar-refractivity contribution is -0.135. The average Bonchev–Trinajstić information content (AvgIpc) is 2.68. The Morgan fingerprint density at radius 1 is 1.04 bits per heavy atom. The van der Waals surface area contributed by atoms with Gasteiger partial charge in [0.1, 0.15) is 11.3 Å². The van der Waals surface area contributed by atoms with Gasteiger partial charge in [-0.05, 0) is 37.1 Å². The van der Waals surface area contributed by atoms with Crippen LogP contribution in [0.1, 0.15) is 11.1 Å². The fourth-order valence-corrected chi connectivity index (χ4v) is 2.81. The number of para-hydroxylation sites is 2. The number of aliphatic hydroxyl groups is 1. The number of hydrogen-bond donors (Lipinski definition) is 2. The Morgan fingerprint density at radius 3 is 2.32 bits per heavy atom. The zero-order valence-electron chi connectivity index (χ0n) is 15.8. The highest BCUT2D eigenvalue weighted by molar-refractivity contribution is 6.56. The molecule has 0 unspecified atom stereocenters. The van der Waals surface area contributed by atoms with Crippen molar-refractivity contribution in [3.63, 3.8) is 0 Å². The van der Waals surface area contributed by atoms with Crippen molar-refractivity contribution in [3.05, 3.63) is 82.8 Å². The number of esters is 1. The van der Waals surface area contributed by atoms with Crippen LogP contribution in [-0.2, 0) is 14.3 Å². The second-order valence-electron chi connectivity index (χ2n) is 6.32. The largest absolute Gasteiger partial charge is 0.505 e. The first-order chi connectivity index (χ1) is 13.4. The molecule has 28 heavy (non-hydrogen) atoms. The summed E-state index contributed by atoms with van der Waals surface area (Å²) < 4.78 is 4.78. The Morgan fingerprint density at radius 2 is 1.68 bits per heavy atom. The van der Waals surface area contributed by atoms with Gasteiger partial charge in [0.2, 0.25) is 5.78 Å². The number of aryl methyl sites for hydroxylation is 2. The molecule has 2 aromatic carbocycles. The lowest BCUT2D eigenvalue weighted by Crippen LogP contribution is -2.29. The minimum atomic E-state index is -0.838. The summed E-state index contributed by atoms with van der Waals surface area (Å²) in [6.45, 7) is 3.73. The molecule has 1 aliphatic carbocycles. The minimum Gasteiger partial charge on any atom is -0.505 e. The van der Waals surface area contributed by atoms with Gasteiger partial charge in [0, 0.05) is 11.8 Å². The molecule has 0 radical (unpaired) electrons. The quantitative estimate of drug-likeness (QED) is 0.623. The Kier molecular flexibility index (Phi) is 5.40. The first-order valence-electron chi connectivity index (χ1n) is 8.67. The van der Waals surface area contributed by atoms with E-state index in [1.165, 1.54) is 13.2 Å². The fraction of sp³-hybridized carbons (Fsp3) is 0.136. The number of aliphatic hydroxyl groups excluding tert-OH is 1. The van der Waals surface area contributed by atoms with E-state index in [-0.39, 0.29) is 22.7 Å².